The smallest absolute Gasteiger partial charge is 0.316 e. The van der Waals surface area contributed by atoms with Crippen LogP contribution in [0, 0.1) is 41.4 Å². The minimum Gasteiger partial charge on any atom is -0.508 e. The van der Waals surface area contributed by atoms with Gasteiger partial charge in [-0.25, -0.2) is 0 Å². The van der Waals surface area contributed by atoms with Crippen molar-refractivity contribution in [3.8, 4) is 51.7 Å². The Morgan fingerprint density at radius 1 is 0.798 bits per heavy atom. The Balaban J connectivity index is 1.00. The summed E-state index contributed by atoms with van der Waals surface area (Å²) in [5.41, 5.74) is 5.17. The zero-order valence-corrected chi connectivity index (χ0v) is 48.7. The molecule has 2 heterocycles. The van der Waals surface area contributed by atoms with E-state index in [1.54, 1.807) is 18.2 Å². The molecule has 2 aliphatic heterocycles. The Morgan fingerprint density at radius 2 is 1.63 bits per heavy atom. The van der Waals surface area contributed by atoms with E-state index in [4.69, 9.17) is 18.9 Å². The number of benzene rings is 7. The summed E-state index contributed by atoms with van der Waals surface area (Å²) in [4.78, 5) is 30.8. The lowest BCUT2D eigenvalue weighted by atomic mass is 9.38. The molecule has 5 aliphatic carbocycles. The number of methoxy groups -OCH3 is 1. The molecule has 0 amide bonds. The van der Waals surface area contributed by atoms with Crippen LogP contribution in [-0.4, -0.2) is 87.2 Å². The molecule has 7 aliphatic rings. The van der Waals surface area contributed by atoms with Crippen LogP contribution >= 0.6 is 21.6 Å². The van der Waals surface area contributed by atoms with Gasteiger partial charge in [-0.1, -0.05) is 100 Å². The first kappa shape index (κ1) is 55.0. The lowest BCUT2D eigenvalue weighted by Crippen LogP contribution is -2.65. The molecule has 14 heteroatoms. The predicted octanol–water partition coefficient (Wildman–Crippen LogP) is 11.9. The van der Waals surface area contributed by atoms with Crippen molar-refractivity contribution in [3.05, 3.63) is 160 Å². The van der Waals surface area contributed by atoms with Gasteiger partial charge in [0.05, 0.1) is 18.6 Å². The number of carbonyl (C=O) groups excluding carboxylic acids is 2. The molecule has 0 saturated heterocycles. The van der Waals surface area contributed by atoms with Gasteiger partial charge in [-0.15, -0.1) is 5.92 Å². The maximum atomic E-state index is 16.8. The zero-order valence-electron chi connectivity index (χ0n) is 47.1. The van der Waals surface area contributed by atoms with Crippen molar-refractivity contribution in [2.45, 2.75) is 118 Å². The summed E-state index contributed by atoms with van der Waals surface area (Å²) in [5.74, 6) is 5.14. The second-order valence-electron chi connectivity index (χ2n) is 24.9. The number of aliphatic hydroxyl groups is 2. The summed E-state index contributed by atoms with van der Waals surface area (Å²) >= 11 is 0. The Labute approximate surface area is 497 Å². The van der Waals surface area contributed by atoms with Gasteiger partial charge in [-0.2, -0.15) is 0 Å². The number of rotatable bonds is 3. The average molecular weight is 1160 g/mol. The molecule has 3 saturated carbocycles. The van der Waals surface area contributed by atoms with E-state index in [0.29, 0.717) is 63.1 Å². The Bertz CT molecular complexity index is 3840. The van der Waals surface area contributed by atoms with Gasteiger partial charge in [0.25, 0.3) is 0 Å². The van der Waals surface area contributed by atoms with Crippen molar-refractivity contribution in [1.29, 1.82) is 0 Å². The van der Waals surface area contributed by atoms with Gasteiger partial charge in [-0.05, 0) is 195 Å². The highest BCUT2D eigenvalue weighted by Gasteiger charge is 2.67. The van der Waals surface area contributed by atoms with Crippen LogP contribution in [0.1, 0.15) is 103 Å². The molecule has 432 valence electrons. The molecule has 1 spiro atoms. The summed E-state index contributed by atoms with van der Waals surface area (Å²) in [5, 5.41) is 67.0. The zero-order chi connectivity index (χ0) is 57.6. The van der Waals surface area contributed by atoms with E-state index in [9.17, 15) is 30.3 Å². The first-order chi connectivity index (χ1) is 40.8. The summed E-state index contributed by atoms with van der Waals surface area (Å²) in [6, 6.07) is 40.3. The fourth-order valence-electron chi connectivity index (χ4n) is 17.0. The maximum absolute atomic E-state index is 16.8. The van der Waals surface area contributed by atoms with Crippen LogP contribution < -0.4 is 14.8 Å². The van der Waals surface area contributed by atoms with E-state index in [-0.39, 0.29) is 54.3 Å². The molecule has 14 rings (SSSR count). The van der Waals surface area contributed by atoms with Crippen LogP contribution in [0.4, 0.5) is 0 Å². The van der Waals surface area contributed by atoms with E-state index in [1.807, 2.05) is 48.5 Å². The number of carbonyl (C=O) groups is 2. The molecule has 3 fully saturated rings. The molecule has 0 unspecified atom stereocenters. The molecule has 11 bridgehead atoms. The van der Waals surface area contributed by atoms with Crippen LogP contribution in [0.2, 0.25) is 0 Å². The van der Waals surface area contributed by atoms with E-state index < -0.39 is 76.1 Å². The number of aliphatic hydroxyl groups excluding tert-OH is 2. The van der Waals surface area contributed by atoms with Crippen molar-refractivity contribution in [3.63, 3.8) is 0 Å². The van der Waals surface area contributed by atoms with Gasteiger partial charge in [0, 0.05) is 55.9 Å². The van der Waals surface area contributed by atoms with E-state index in [0.717, 1.165) is 78.0 Å². The second kappa shape index (κ2) is 21.9. The number of nitrogens with one attached hydrogen (secondary N) is 1. The van der Waals surface area contributed by atoms with E-state index >= 15 is 4.79 Å². The number of aromatic hydroxyl groups is 3. The predicted molar refractivity (Wildman–Crippen MR) is 326 cm³/mol. The summed E-state index contributed by atoms with van der Waals surface area (Å²) in [7, 11) is 4.37. The molecule has 84 heavy (non-hydrogen) atoms. The van der Waals surface area contributed by atoms with Crippen LogP contribution in [0.15, 0.2) is 121 Å². The van der Waals surface area contributed by atoms with Gasteiger partial charge in [0.1, 0.15) is 30.0 Å². The number of esters is 2. The Morgan fingerprint density at radius 3 is 2.49 bits per heavy atom. The average Bonchev–Trinajstić information content (AvgIpc) is 1.50. The fraction of sp³-hybridized carbons (Fsp3) is 0.400. The van der Waals surface area contributed by atoms with Gasteiger partial charge in [0.15, 0.2) is 23.0 Å². The standard InChI is InChI=1S/C70H69NO11S2/c1-38(72)81-63-29-51-28-56-54-31-65(61(75)24-46(54)22-57-60(74)32-58-55-30-62(76)64(79-2)25-47(55)23-59(63)70(58,67(56)57)49-16-13-42-10-3-4-11-43(42)20-49)80-36-66(77)84-83-37-41-18-39-8-5-6-17-71-35-40-9-7-12-44(19-40)53-27-50(73)21-45-14-15-48(26-52(45)53)69(33-39,34-41)68(78)82-51/h3-4,7,9-16,19-21,24-27,30-31,39,41,51,56-60,63,66-67,71,73-77H,6,17-18,22-23,28-29,32-37H2,1-2H3/t39-,41+,51-,56-,57+,58-,59+,60-,63+,66-,67+,69-,70+/m0/s1. The van der Waals surface area contributed by atoms with Gasteiger partial charge < -0.3 is 49.8 Å². The molecule has 12 nitrogen and oxygen atoms in total. The monoisotopic (exact) mass is 1160 g/mol. The summed E-state index contributed by atoms with van der Waals surface area (Å²) in [6.45, 7) is 2.66. The lowest BCUT2D eigenvalue weighted by molar-refractivity contribution is -0.175. The van der Waals surface area contributed by atoms with Gasteiger partial charge in [0.2, 0.25) is 0 Å². The minimum absolute atomic E-state index is 0.00638. The molecule has 0 aromatic heterocycles. The third kappa shape index (κ3) is 9.53. The minimum atomic E-state index is -1.24. The summed E-state index contributed by atoms with van der Waals surface area (Å²) in [6.07, 6.45) is 1.21. The number of phenols is 3. The highest BCUT2D eigenvalue weighted by Crippen LogP contribution is 2.70. The first-order valence-electron chi connectivity index (χ1n) is 29.7. The molecular formula is C70H69NO11S2. The van der Waals surface area contributed by atoms with Crippen molar-refractivity contribution in [1.82, 2.24) is 5.32 Å². The third-order valence-electron chi connectivity index (χ3n) is 20.1. The number of phenolic OH excluding ortho intramolecular Hbond substituents is 3. The van der Waals surface area contributed by atoms with E-state index in [2.05, 4.69) is 71.8 Å². The SMILES string of the molecule is COc1cc2c(cc1O)[C@@H]1C[C@H](O)[C@H]3Cc4cc(O)c5cc4[C@@H]4C[C@@H](C[C@@H](OC(C)=O)[C@@H](C2)[C@]1(c1ccc2ccccc2c1)[C@@H]34)OC(=O)[C@]12C[C@@H](C#CCCNCc3cccc(c3)-c3cc(O)cc4ccc1cc34)C[C@@H](CSS[C@H](O)CO5)C2. The largest absolute Gasteiger partial charge is 0.508 e. The second-order valence-corrected chi connectivity index (χ2v) is 27.5. The molecular weight excluding hydrogens is 1090 g/mol. The van der Waals surface area contributed by atoms with Gasteiger partial charge in [-0.3, -0.25) is 9.59 Å². The van der Waals surface area contributed by atoms with Crippen molar-refractivity contribution < 1.29 is 54.1 Å². The number of hydrogen-bond acceptors (Lipinski definition) is 14. The van der Waals surface area contributed by atoms with Crippen LogP contribution in [-0.2, 0) is 49.3 Å². The fourth-order valence-corrected chi connectivity index (χ4v) is 19.2. The Hall–Kier alpha value is -6.86. The first-order valence-corrected chi connectivity index (χ1v) is 32.1. The Kier molecular flexibility index (Phi) is 14.3. The normalized spacial score (nSPS) is 30.7. The van der Waals surface area contributed by atoms with Gasteiger partial charge >= 0.3 is 11.9 Å². The van der Waals surface area contributed by atoms with Crippen LogP contribution in [0.3, 0.4) is 0 Å². The quantitative estimate of drug-likeness (QED) is 0.0558. The molecule has 13 atom stereocenters. The number of fused-ring (bicyclic) bond motifs is 11. The van der Waals surface area contributed by atoms with Crippen molar-refractivity contribution in [2.24, 2.45) is 29.6 Å². The molecule has 7 aromatic carbocycles. The van der Waals surface area contributed by atoms with Crippen LogP contribution in [0.5, 0.6) is 28.7 Å². The molecule has 7 aromatic rings. The highest BCUT2D eigenvalue weighted by molar-refractivity contribution is 8.76. The number of ether oxygens (including phenoxy) is 4. The maximum Gasteiger partial charge on any atom is 0.316 e. The molecule has 0 radical (unpaired) electrons. The van der Waals surface area contributed by atoms with Crippen LogP contribution in [0.25, 0.3) is 32.7 Å². The summed E-state index contributed by atoms with van der Waals surface area (Å²) < 4.78 is 26.5. The van der Waals surface area contributed by atoms with Crippen molar-refractivity contribution in [2.75, 3.05) is 26.0 Å². The molecule has 6 N–H and O–H groups in total. The highest BCUT2D eigenvalue weighted by atomic mass is 33.1. The third-order valence-corrected chi connectivity index (χ3v) is 22.7. The van der Waals surface area contributed by atoms with E-state index in [1.165, 1.54) is 35.6 Å². The lowest BCUT2D eigenvalue weighted by Gasteiger charge is -2.66. The van der Waals surface area contributed by atoms with Crippen molar-refractivity contribution >= 4 is 55.1 Å². The number of hydrogen-bond donors (Lipinski definition) is 6. The topological polar surface area (TPSA) is 184 Å².